The lowest BCUT2D eigenvalue weighted by atomic mass is 9.90. The molecule has 2 heterocycles. The first-order chi connectivity index (χ1) is 10.2. The number of hydrogen-bond donors (Lipinski definition) is 1. The lowest BCUT2D eigenvalue weighted by Crippen LogP contribution is -2.34. The molecule has 0 aliphatic carbocycles. The van der Waals surface area contributed by atoms with Gasteiger partial charge in [0.1, 0.15) is 5.82 Å². The van der Waals surface area contributed by atoms with Crippen LogP contribution in [-0.4, -0.2) is 18.1 Å². The van der Waals surface area contributed by atoms with E-state index in [1.54, 1.807) is 0 Å². The van der Waals surface area contributed by atoms with Gasteiger partial charge in [-0.25, -0.2) is 4.98 Å². The summed E-state index contributed by atoms with van der Waals surface area (Å²) >= 11 is 0. The van der Waals surface area contributed by atoms with Crippen LogP contribution in [0.1, 0.15) is 24.0 Å². The summed E-state index contributed by atoms with van der Waals surface area (Å²) in [6, 6.07) is 13.0. The maximum Gasteiger partial charge on any atom is 0.126 e. The highest BCUT2D eigenvalue weighted by Crippen LogP contribution is 2.26. The van der Waals surface area contributed by atoms with E-state index in [1.807, 2.05) is 13.1 Å². The highest BCUT2D eigenvalue weighted by molar-refractivity contribution is 5.52. The molecule has 0 spiro atoms. The molecule has 3 heteroatoms. The molecule has 2 aromatic rings. The second-order valence-electron chi connectivity index (χ2n) is 6.02. The third kappa shape index (κ3) is 3.35. The Morgan fingerprint density at radius 2 is 1.90 bits per heavy atom. The van der Waals surface area contributed by atoms with Crippen molar-refractivity contribution in [3.05, 3.63) is 53.7 Å². The zero-order chi connectivity index (χ0) is 14.7. The molecule has 0 unspecified atom stereocenters. The molecule has 0 bridgehead atoms. The molecular formula is C18H23N3. The Labute approximate surface area is 126 Å². The summed E-state index contributed by atoms with van der Waals surface area (Å²) < 4.78 is 0. The lowest BCUT2D eigenvalue weighted by Gasteiger charge is -2.33. The van der Waals surface area contributed by atoms with Crippen LogP contribution in [0, 0.1) is 12.8 Å². The minimum atomic E-state index is 0.637. The lowest BCUT2D eigenvalue weighted by molar-refractivity contribution is 0.403. The smallest absolute Gasteiger partial charge is 0.126 e. The summed E-state index contributed by atoms with van der Waals surface area (Å²) in [5.74, 6) is 1.43. The zero-order valence-corrected chi connectivity index (χ0v) is 12.6. The number of hydrogen-bond acceptors (Lipinski definition) is 3. The normalized spacial score (nSPS) is 16.1. The predicted molar refractivity (Wildman–Crippen MR) is 88.5 cm³/mol. The Hall–Kier alpha value is -2.03. The van der Waals surface area contributed by atoms with Crippen molar-refractivity contribution in [3.8, 4) is 0 Å². The monoisotopic (exact) mass is 281 g/mol. The first kappa shape index (κ1) is 13.9. The van der Waals surface area contributed by atoms with Crippen molar-refractivity contribution in [2.75, 3.05) is 23.7 Å². The molecular weight excluding hydrogens is 258 g/mol. The second kappa shape index (κ2) is 6.17. The van der Waals surface area contributed by atoms with Gasteiger partial charge in [-0.05, 0) is 49.3 Å². The van der Waals surface area contributed by atoms with Gasteiger partial charge < -0.3 is 10.6 Å². The summed E-state index contributed by atoms with van der Waals surface area (Å²) in [6.07, 6.45) is 5.60. The summed E-state index contributed by atoms with van der Waals surface area (Å²) in [5, 5.41) is 0. The molecule has 1 aliphatic rings. The van der Waals surface area contributed by atoms with Gasteiger partial charge in [0.05, 0.1) is 11.9 Å². The van der Waals surface area contributed by atoms with Crippen LogP contribution in [0.4, 0.5) is 11.5 Å². The number of pyridine rings is 1. The first-order valence-corrected chi connectivity index (χ1v) is 7.73. The molecule has 0 saturated carbocycles. The minimum absolute atomic E-state index is 0.637. The van der Waals surface area contributed by atoms with E-state index in [-0.39, 0.29) is 0 Å². The van der Waals surface area contributed by atoms with Gasteiger partial charge in [-0.15, -0.1) is 0 Å². The highest BCUT2D eigenvalue weighted by atomic mass is 15.1. The first-order valence-electron chi connectivity index (χ1n) is 7.73. The Morgan fingerprint density at radius 3 is 2.57 bits per heavy atom. The molecule has 3 rings (SSSR count). The summed E-state index contributed by atoms with van der Waals surface area (Å²) in [4.78, 5) is 6.71. The number of aryl methyl sites for hydroxylation is 1. The Bertz CT molecular complexity index is 587. The summed E-state index contributed by atoms with van der Waals surface area (Å²) in [6.45, 7) is 4.25. The molecule has 1 saturated heterocycles. The van der Waals surface area contributed by atoms with Crippen molar-refractivity contribution in [1.29, 1.82) is 0 Å². The zero-order valence-electron chi connectivity index (χ0n) is 12.6. The van der Waals surface area contributed by atoms with Crippen molar-refractivity contribution in [2.45, 2.75) is 26.2 Å². The second-order valence-corrected chi connectivity index (χ2v) is 6.02. The Kier molecular flexibility index (Phi) is 4.09. The van der Waals surface area contributed by atoms with Crippen LogP contribution in [0.25, 0.3) is 0 Å². The average Bonchev–Trinajstić information content (AvgIpc) is 2.52. The van der Waals surface area contributed by atoms with Gasteiger partial charge in [0.25, 0.3) is 0 Å². The summed E-state index contributed by atoms with van der Waals surface area (Å²) in [7, 11) is 0. The van der Waals surface area contributed by atoms with E-state index in [4.69, 9.17) is 5.73 Å². The van der Waals surface area contributed by atoms with Crippen molar-refractivity contribution >= 4 is 11.5 Å². The summed E-state index contributed by atoms with van der Waals surface area (Å²) in [5.41, 5.74) is 9.53. The van der Waals surface area contributed by atoms with Crippen LogP contribution in [0.3, 0.4) is 0 Å². The topological polar surface area (TPSA) is 42.2 Å². The van der Waals surface area contributed by atoms with E-state index in [2.05, 4.69) is 46.3 Å². The molecule has 21 heavy (non-hydrogen) atoms. The van der Waals surface area contributed by atoms with E-state index >= 15 is 0 Å². The van der Waals surface area contributed by atoms with Gasteiger partial charge in [0.15, 0.2) is 0 Å². The molecule has 3 nitrogen and oxygen atoms in total. The van der Waals surface area contributed by atoms with Crippen LogP contribution in [0.15, 0.2) is 42.6 Å². The molecule has 0 radical (unpaired) electrons. The number of nitrogen functional groups attached to an aromatic ring is 1. The molecule has 110 valence electrons. The quantitative estimate of drug-likeness (QED) is 0.937. The number of nitrogens with two attached hydrogens (primary N) is 1. The number of anilines is 2. The molecule has 2 N–H and O–H groups in total. The molecule has 1 aliphatic heterocycles. The van der Waals surface area contributed by atoms with Crippen LogP contribution in [0.2, 0.25) is 0 Å². The largest absolute Gasteiger partial charge is 0.383 e. The fourth-order valence-electron chi connectivity index (χ4n) is 3.09. The van der Waals surface area contributed by atoms with E-state index in [9.17, 15) is 0 Å². The van der Waals surface area contributed by atoms with Crippen molar-refractivity contribution in [1.82, 2.24) is 4.98 Å². The van der Waals surface area contributed by atoms with Gasteiger partial charge >= 0.3 is 0 Å². The highest BCUT2D eigenvalue weighted by Gasteiger charge is 2.20. The van der Waals surface area contributed by atoms with E-state index < -0.39 is 0 Å². The van der Waals surface area contributed by atoms with Crippen LogP contribution in [0.5, 0.6) is 0 Å². The predicted octanol–water partition coefficient (Wildman–Crippen LogP) is 3.43. The Balaban J connectivity index is 1.58. The average molecular weight is 281 g/mol. The van der Waals surface area contributed by atoms with Gasteiger partial charge in [-0.2, -0.15) is 0 Å². The number of rotatable bonds is 3. The molecule has 1 fully saturated rings. The van der Waals surface area contributed by atoms with Crippen LogP contribution < -0.4 is 10.6 Å². The standard InChI is InChI=1S/C18H23N3/c1-14-11-17(13-20-18(14)19)21-9-7-16(8-10-21)12-15-5-3-2-4-6-15/h2-6,11,13,16H,7-10,12H2,1H3,(H2,19,20). The van der Waals surface area contributed by atoms with Gasteiger partial charge in [-0.3, -0.25) is 0 Å². The molecule has 0 atom stereocenters. The molecule has 1 aromatic heterocycles. The van der Waals surface area contributed by atoms with Gasteiger partial charge in [-0.1, -0.05) is 30.3 Å². The molecule has 0 amide bonds. The number of benzene rings is 1. The van der Waals surface area contributed by atoms with Crippen molar-refractivity contribution in [3.63, 3.8) is 0 Å². The fraction of sp³-hybridized carbons (Fsp3) is 0.389. The van der Waals surface area contributed by atoms with Crippen LogP contribution >= 0.6 is 0 Å². The van der Waals surface area contributed by atoms with Crippen molar-refractivity contribution < 1.29 is 0 Å². The third-order valence-electron chi connectivity index (χ3n) is 4.45. The SMILES string of the molecule is Cc1cc(N2CCC(Cc3ccccc3)CC2)cnc1N. The van der Waals surface area contributed by atoms with Crippen LogP contribution in [-0.2, 0) is 6.42 Å². The number of piperidine rings is 1. The minimum Gasteiger partial charge on any atom is -0.383 e. The van der Waals surface area contributed by atoms with Gasteiger partial charge in [0.2, 0.25) is 0 Å². The molecule has 1 aromatic carbocycles. The van der Waals surface area contributed by atoms with E-state index in [1.165, 1.54) is 30.5 Å². The van der Waals surface area contributed by atoms with E-state index in [0.29, 0.717) is 5.82 Å². The maximum atomic E-state index is 5.80. The number of aromatic nitrogens is 1. The fourth-order valence-corrected chi connectivity index (χ4v) is 3.09. The van der Waals surface area contributed by atoms with Crippen molar-refractivity contribution in [2.24, 2.45) is 5.92 Å². The van der Waals surface area contributed by atoms with E-state index in [0.717, 1.165) is 24.6 Å². The Morgan fingerprint density at radius 1 is 1.19 bits per heavy atom. The third-order valence-corrected chi connectivity index (χ3v) is 4.45. The number of nitrogens with zero attached hydrogens (tertiary/aromatic N) is 2. The maximum absolute atomic E-state index is 5.80. The van der Waals surface area contributed by atoms with Gasteiger partial charge in [0, 0.05) is 13.1 Å².